The van der Waals surface area contributed by atoms with Gasteiger partial charge in [-0.05, 0) is 25.1 Å². The monoisotopic (exact) mass is 236 g/mol. The molecular formula is C11H9FN2OS. The number of Topliss-reactive ketones (excluding diaryl/α,β-unsaturated/α-hetero) is 1. The van der Waals surface area contributed by atoms with E-state index in [1.165, 1.54) is 30.8 Å². The van der Waals surface area contributed by atoms with E-state index >= 15 is 0 Å². The minimum absolute atomic E-state index is 0.159. The summed E-state index contributed by atoms with van der Waals surface area (Å²) in [5.74, 6) is -0.567. The molecule has 0 saturated heterocycles. The number of hydrogen-bond donors (Lipinski definition) is 1. The summed E-state index contributed by atoms with van der Waals surface area (Å²) in [6.07, 6.45) is 3.32. The van der Waals surface area contributed by atoms with Crippen LogP contribution in [0.15, 0.2) is 40.6 Å². The van der Waals surface area contributed by atoms with E-state index in [0.717, 1.165) is 0 Å². The van der Waals surface area contributed by atoms with Crippen LogP contribution in [-0.4, -0.2) is 15.8 Å². The van der Waals surface area contributed by atoms with Crippen LogP contribution in [-0.2, 0) is 0 Å². The number of H-pyrrole nitrogens is 1. The van der Waals surface area contributed by atoms with Crippen molar-refractivity contribution < 1.29 is 9.18 Å². The Morgan fingerprint density at radius 3 is 2.94 bits per heavy atom. The second-order valence-electron chi connectivity index (χ2n) is 3.19. The Labute approximate surface area is 96.1 Å². The fourth-order valence-corrected chi connectivity index (χ4v) is 2.17. The Kier molecular flexibility index (Phi) is 3.05. The van der Waals surface area contributed by atoms with E-state index in [-0.39, 0.29) is 5.78 Å². The summed E-state index contributed by atoms with van der Waals surface area (Å²) in [5.41, 5.74) is 0.376. The molecule has 0 amide bonds. The summed E-state index contributed by atoms with van der Waals surface area (Å²) < 4.78 is 13.0. The molecule has 2 aromatic rings. The molecule has 0 saturated carbocycles. The smallest absolute Gasteiger partial charge is 0.170 e. The van der Waals surface area contributed by atoms with Gasteiger partial charge in [0.15, 0.2) is 10.9 Å². The lowest BCUT2D eigenvalue weighted by Gasteiger charge is -2.04. The Bertz CT molecular complexity index is 511. The van der Waals surface area contributed by atoms with E-state index in [1.807, 2.05) is 0 Å². The Morgan fingerprint density at radius 1 is 1.50 bits per heavy atom. The van der Waals surface area contributed by atoms with Crippen molar-refractivity contribution in [2.24, 2.45) is 0 Å². The van der Waals surface area contributed by atoms with Gasteiger partial charge >= 0.3 is 0 Å². The van der Waals surface area contributed by atoms with E-state index in [1.54, 1.807) is 18.5 Å². The SMILES string of the molecule is CC(=O)c1cc(F)ccc1Sc1ncc[nH]1. The van der Waals surface area contributed by atoms with E-state index in [2.05, 4.69) is 9.97 Å². The first-order valence-corrected chi connectivity index (χ1v) is 5.46. The van der Waals surface area contributed by atoms with Crippen LogP contribution in [0.1, 0.15) is 17.3 Å². The summed E-state index contributed by atoms with van der Waals surface area (Å²) in [7, 11) is 0. The zero-order chi connectivity index (χ0) is 11.5. The lowest BCUT2D eigenvalue weighted by atomic mass is 10.1. The maximum Gasteiger partial charge on any atom is 0.170 e. The highest BCUT2D eigenvalue weighted by Gasteiger charge is 2.10. The number of carbonyl (C=O) groups excluding carboxylic acids is 1. The third kappa shape index (κ3) is 2.30. The number of halogens is 1. The minimum atomic E-state index is -0.408. The molecule has 16 heavy (non-hydrogen) atoms. The number of ketones is 1. The molecule has 2 rings (SSSR count). The molecule has 0 spiro atoms. The van der Waals surface area contributed by atoms with E-state index in [9.17, 15) is 9.18 Å². The molecular weight excluding hydrogens is 227 g/mol. The topological polar surface area (TPSA) is 45.8 Å². The van der Waals surface area contributed by atoms with E-state index in [0.29, 0.717) is 15.6 Å². The summed E-state index contributed by atoms with van der Waals surface area (Å²) in [5, 5.41) is 0.675. The first kappa shape index (κ1) is 10.9. The Hall–Kier alpha value is -1.62. The van der Waals surface area contributed by atoms with Crippen molar-refractivity contribution in [3.63, 3.8) is 0 Å². The minimum Gasteiger partial charge on any atom is -0.339 e. The van der Waals surface area contributed by atoms with Crippen LogP contribution in [0.3, 0.4) is 0 Å². The molecule has 5 heteroatoms. The third-order valence-electron chi connectivity index (χ3n) is 2.00. The van der Waals surface area contributed by atoms with Gasteiger partial charge in [0, 0.05) is 22.9 Å². The van der Waals surface area contributed by atoms with Crippen molar-refractivity contribution in [1.82, 2.24) is 9.97 Å². The van der Waals surface area contributed by atoms with E-state index in [4.69, 9.17) is 0 Å². The van der Waals surface area contributed by atoms with Gasteiger partial charge in [0.2, 0.25) is 0 Å². The van der Waals surface area contributed by atoms with Gasteiger partial charge in [0.1, 0.15) is 5.82 Å². The molecule has 82 valence electrons. The lowest BCUT2D eigenvalue weighted by molar-refractivity contribution is 0.101. The highest BCUT2D eigenvalue weighted by atomic mass is 32.2. The number of nitrogens with one attached hydrogen (secondary N) is 1. The van der Waals surface area contributed by atoms with Crippen LogP contribution >= 0.6 is 11.8 Å². The molecule has 1 aromatic heterocycles. The molecule has 0 aliphatic carbocycles. The fraction of sp³-hybridized carbons (Fsp3) is 0.0909. The zero-order valence-corrected chi connectivity index (χ0v) is 9.34. The van der Waals surface area contributed by atoms with Crippen molar-refractivity contribution in [2.75, 3.05) is 0 Å². The molecule has 3 nitrogen and oxygen atoms in total. The van der Waals surface area contributed by atoms with Crippen LogP contribution in [0.5, 0.6) is 0 Å². The fourth-order valence-electron chi connectivity index (χ4n) is 1.28. The van der Waals surface area contributed by atoms with Crippen LogP contribution < -0.4 is 0 Å². The second-order valence-corrected chi connectivity index (χ2v) is 4.22. The summed E-state index contributed by atoms with van der Waals surface area (Å²) in [6.45, 7) is 1.42. The van der Waals surface area contributed by atoms with Crippen LogP contribution in [0.2, 0.25) is 0 Å². The van der Waals surface area contributed by atoms with Crippen LogP contribution in [0, 0.1) is 5.82 Å². The van der Waals surface area contributed by atoms with Gasteiger partial charge in [-0.25, -0.2) is 9.37 Å². The highest BCUT2D eigenvalue weighted by molar-refractivity contribution is 7.99. The van der Waals surface area contributed by atoms with E-state index < -0.39 is 5.82 Å². The molecule has 0 fully saturated rings. The third-order valence-corrected chi connectivity index (χ3v) is 2.99. The first-order valence-electron chi connectivity index (χ1n) is 4.64. The average Bonchev–Trinajstić information content (AvgIpc) is 2.73. The van der Waals surface area contributed by atoms with Crippen molar-refractivity contribution in [3.05, 3.63) is 42.0 Å². The predicted molar refractivity (Wildman–Crippen MR) is 59.1 cm³/mol. The van der Waals surface area contributed by atoms with Gasteiger partial charge < -0.3 is 4.98 Å². The molecule has 0 radical (unpaired) electrons. The number of nitrogens with zero attached hydrogens (tertiary/aromatic N) is 1. The van der Waals surface area contributed by atoms with Crippen molar-refractivity contribution in [1.29, 1.82) is 0 Å². The number of aromatic amines is 1. The molecule has 0 atom stereocenters. The molecule has 0 unspecified atom stereocenters. The number of benzene rings is 1. The Morgan fingerprint density at radius 2 is 2.31 bits per heavy atom. The first-order chi connectivity index (χ1) is 7.66. The number of hydrogen-bond acceptors (Lipinski definition) is 3. The van der Waals surface area contributed by atoms with Gasteiger partial charge in [0.05, 0.1) is 0 Å². The number of carbonyl (C=O) groups is 1. The number of aromatic nitrogens is 2. The molecule has 1 aromatic carbocycles. The van der Waals surface area contributed by atoms with Crippen molar-refractivity contribution in [3.8, 4) is 0 Å². The second kappa shape index (κ2) is 4.49. The van der Waals surface area contributed by atoms with Gasteiger partial charge in [-0.3, -0.25) is 4.79 Å². The van der Waals surface area contributed by atoms with Gasteiger partial charge in [-0.15, -0.1) is 0 Å². The molecule has 1 heterocycles. The molecule has 0 aliphatic heterocycles. The van der Waals surface area contributed by atoms with Crippen LogP contribution in [0.4, 0.5) is 4.39 Å². The van der Waals surface area contributed by atoms with Gasteiger partial charge in [-0.1, -0.05) is 11.8 Å². The standard InChI is InChI=1S/C11H9FN2OS/c1-7(15)9-6-8(12)2-3-10(9)16-11-13-4-5-14-11/h2-6H,1H3,(H,13,14). The molecule has 0 bridgehead atoms. The summed E-state index contributed by atoms with van der Waals surface area (Å²) in [6, 6.07) is 4.16. The average molecular weight is 236 g/mol. The van der Waals surface area contributed by atoms with Gasteiger partial charge in [0.25, 0.3) is 0 Å². The van der Waals surface area contributed by atoms with Crippen molar-refractivity contribution in [2.45, 2.75) is 17.0 Å². The number of imidazole rings is 1. The maximum absolute atomic E-state index is 13.0. The highest BCUT2D eigenvalue weighted by Crippen LogP contribution is 2.28. The Balaban J connectivity index is 2.36. The normalized spacial score (nSPS) is 10.4. The van der Waals surface area contributed by atoms with Gasteiger partial charge in [-0.2, -0.15) is 0 Å². The lowest BCUT2D eigenvalue weighted by Crippen LogP contribution is -1.96. The zero-order valence-electron chi connectivity index (χ0n) is 8.53. The summed E-state index contributed by atoms with van der Waals surface area (Å²) >= 11 is 1.30. The largest absolute Gasteiger partial charge is 0.339 e. The molecule has 0 aliphatic rings. The number of rotatable bonds is 3. The van der Waals surface area contributed by atoms with Crippen molar-refractivity contribution >= 4 is 17.5 Å². The predicted octanol–water partition coefficient (Wildman–Crippen LogP) is 2.90. The quantitative estimate of drug-likeness (QED) is 0.833. The molecule has 1 N–H and O–H groups in total. The van der Waals surface area contributed by atoms with Crippen LogP contribution in [0.25, 0.3) is 0 Å². The maximum atomic E-state index is 13.0. The summed E-state index contributed by atoms with van der Waals surface area (Å²) in [4.78, 5) is 19.0.